The first kappa shape index (κ1) is 19.9. The van der Waals surface area contributed by atoms with E-state index < -0.39 is 0 Å². The molecule has 1 aliphatic rings. The van der Waals surface area contributed by atoms with Gasteiger partial charge in [-0.25, -0.2) is 0 Å². The van der Waals surface area contributed by atoms with E-state index in [1.165, 1.54) is 4.90 Å². The lowest BCUT2D eigenvalue weighted by atomic mass is 10.0. The molecule has 0 bridgehead atoms. The van der Waals surface area contributed by atoms with E-state index in [0.717, 1.165) is 22.1 Å². The average Bonchev–Trinajstić information content (AvgIpc) is 2.98. The second kappa shape index (κ2) is 8.16. The Kier molecular flexibility index (Phi) is 5.42. The van der Waals surface area contributed by atoms with E-state index in [2.05, 4.69) is 0 Å². The maximum absolute atomic E-state index is 13.3. The molecule has 6 heteroatoms. The first-order valence-corrected chi connectivity index (χ1v) is 10.1. The minimum absolute atomic E-state index is 0.179. The van der Waals surface area contributed by atoms with E-state index >= 15 is 0 Å². The zero-order valence-electron chi connectivity index (χ0n) is 17.1. The molecule has 0 unspecified atom stereocenters. The first-order valence-electron chi connectivity index (χ1n) is 9.67. The number of likely N-dealkylation sites (N-methyl/N-ethyl adjacent to an activating group) is 1. The molecule has 1 heterocycles. The highest BCUT2D eigenvalue weighted by Crippen LogP contribution is 2.34. The Morgan fingerprint density at radius 1 is 1.03 bits per heavy atom. The van der Waals surface area contributed by atoms with E-state index in [-0.39, 0.29) is 5.91 Å². The summed E-state index contributed by atoms with van der Waals surface area (Å²) in [7, 11) is 3.43. The molecule has 0 saturated carbocycles. The lowest BCUT2D eigenvalue weighted by molar-refractivity contribution is -0.114. The van der Waals surface area contributed by atoms with Gasteiger partial charge in [0, 0.05) is 12.6 Å². The van der Waals surface area contributed by atoms with Gasteiger partial charge in [-0.2, -0.15) is 0 Å². The number of amides is 1. The van der Waals surface area contributed by atoms with Crippen molar-refractivity contribution in [1.82, 2.24) is 4.90 Å². The molecular formula is C24H22N2O3S. The molecule has 0 N–H and O–H groups in total. The van der Waals surface area contributed by atoms with Gasteiger partial charge < -0.3 is 14.4 Å². The van der Waals surface area contributed by atoms with Crippen molar-refractivity contribution >= 4 is 45.8 Å². The fraction of sp³-hybridized carbons (Fsp3) is 0.167. The van der Waals surface area contributed by atoms with Gasteiger partial charge in [0.25, 0.3) is 5.91 Å². The highest BCUT2D eigenvalue weighted by molar-refractivity contribution is 7.80. The summed E-state index contributed by atoms with van der Waals surface area (Å²) >= 11 is 5.58. The highest BCUT2D eigenvalue weighted by Gasteiger charge is 2.37. The molecule has 0 aromatic heterocycles. The topological polar surface area (TPSA) is 42.0 Å². The van der Waals surface area contributed by atoms with Crippen LogP contribution in [0.15, 0.2) is 66.4 Å². The van der Waals surface area contributed by atoms with Crippen molar-refractivity contribution in [2.75, 3.05) is 25.7 Å². The van der Waals surface area contributed by atoms with Gasteiger partial charge in [0.1, 0.15) is 17.2 Å². The van der Waals surface area contributed by atoms with Crippen LogP contribution in [0.4, 0.5) is 5.69 Å². The standard InChI is InChI=1S/C24H22N2O3S/c1-4-29-18-12-10-17(11-13-18)26-23(27)21(25(2)24(26)30)15-20-19-8-6-5-7-16(19)9-14-22(20)28-3/h5-15H,4H2,1-3H3/b21-15-. The molecule has 3 aromatic carbocycles. The summed E-state index contributed by atoms with van der Waals surface area (Å²) in [5, 5.41) is 2.51. The molecule has 1 saturated heterocycles. The fourth-order valence-corrected chi connectivity index (χ4v) is 3.87. The molecule has 5 nitrogen and oxygen atoms in total. The van der Waals surface area contributed by atoms with Crippen LogP contribution >= 0.6 is 12.2 Å². The third-order valence-electron chi connectivity index (χ3n) is 5.10. The summed E-state index contributed by atoms with van der Waals surface area (Å²) in [6.07, 6.45) is 1.85. The van der Waals surface area contributed by atoms with Gasteiger partial charge in [-0.15, -0.1) is 0 Å². The average molecular weight is 419 g/mol. The third kappa shape index (κ3) is 3.39. The van der Waals surface area contributed by atoms with Crippen molar-refractivity contribution in [1.29, 1.82) is 0 Å². The second-order valence-corrected chi connectivity index (χ2v) is 7.21. The van der Waals surface area contributed by atoms with Crippen LogP contribution in [0.3, 0.4) is 0 Å². The Hall–Kier alpha value is -3.38. The summed E-state index contributed by atoms with van der Waals surface area (Å²) in [6, 6.07) is 19.3. The SMILES string of the molecule is CCOc1ccc(N2C(=O)/C(=C/c3c(OC)ccc4ccccc34)N(C)C2=S)cc1. The Bertz CT molecular complexity index is 1150. The van der Waals surface area contributed by atoms with Crippen molar-refractivity contribution in [2.45, 2.75) is 6.92 Å². The highest BCUT2D eigenvalue weighted by atomic mass is 32.1. The summed E-state index contributed by atoms with van der Waals surface area (Å²) in [6.45, 7) is 2.52. The number of carbonyl (C=O) groups excluding carboxylic acids is 1. The van der Waals surface area contributed by atoms with Crippen LogP contribution < -0.4 is 14.4 Å². The quantitative estimate of drug-likeness (QED) is 0.438. The first-order chi connectivity index (χ1) is 14.5. The van der Waals surface area contributed by atoms with Crippen LogP contribution in [0.1, 0.15) is 12.5 Å². The van der Waals surface area contributed by atoms with Crippen LogP contribution in [0.2, 0.25) is 0 Å². The van der Waals surface area contributed by atoms with Gasteiger partial charge in [-0.05, 0) is 66.3 Å². The van der Waals surface area contributed by atoms with Crippen LogP contribution in [0.5, 0.6) is 11.5 Å². The summed E-state index contributed by atoms with van der Waals surface area (Å²) in [4.78, 5) is 16.6. The molecule has 0 radical (unpaired) electrons. The van der Waals surface area contributed by atoms with Gasteiger partial charge in [-0.1, -0.05) is 30.3 Å². The van der Waals surface area contributed by atoms with Crippen LogP contribution in [0.25, 0.3) is 16.8 Å². The van der Waals surface area contributed by atoms with Crippen LogP contribution in [-0.4, -0.2) is 36.7 Å². The number of methoxy groups -OCH3 is 1. The summed E-state index contributed by atoms with van der Waals surface area (Å²) in [5.74, 6) is 1.28. The fourth-order valence-electron chi connectivity index (χ4n) is 3.58. The zero-order chi connectivity index (χ0) is 21.3. The maximum atomic E-state index is 13.3. The van der Waals surface area contributed by atoms with Gasteiger partial charge in [0.2, 0.25) is 0 Å². The predicted molar refractivity (Wildman–Crippen MR) is 124 cm³/mol. The molecule has 0 spiro atoms. The van der Waals surface area contributed by atoms with E-state index in [0.29, 0.717) is 28.9 Å². The van der Waals surface area contributed by atoms with Crippen LogP contribution in [0, 0.1) is 0 Å². The van der Waals surface area contributed by atoms with Gasteiger partial charge in [0.15, 0.2) is 5.11 Å². The third-order valence-corrected chi connectivity index (χ3v) is 5.56. The Balaban J connectivity index is 1.77. The molecule has 4 rings (SSSR count). The van der Waals surface area contributed by atoms with E-state index in [9.17, 15) is 4.79 Å². The van der Waals surface area contributed by atoms with Gasteiger partial charge >= 0.3 is 0 Å². The van der Waals surface area contributed by atoms with E-state index in [1.807, 2.05) is 73.7 Å². The number of fused-ring (bicyclic) bond motifs is 1. The Labute approximate surface area is 181 Å². The number of benzene rings is 3. The molecule has 152 valence electrons. The number of carbonyl (C=O) groups is 1. The lowest BCUT2D eigenvalue weighted by Crippen LogP contribution is -2.31. The molecule has 3 aromatic rings. The number of ether oxygens (including phenoxy) is 2. The monoisotopic (exact) mass is 418 g/mol. The summed E-state index contributed by atoms with van der Waals surface area (Å²) in [5.41, 5.74) is 2.04. The molecule has 0 aliphatic carbocycles. The smallest absolute Gasteiger partial charge is 0.281 e. The minimum atomic E-state index is -0.179. The van der Waals surface area contributed by atoms with Crippen molar-refractivity contribution in [3.05, 3.63) is 71.9 Å². The number of rotatable bonds is 5. The molecule has 0 atom stereocenters. The number of hydrogen-bond donors (Lipinski definition) is 0. The zero-order valence-corrected chi connectivity index (χ0v) is 17.9. The molecular weight excluding hydrogens is 396 g/mol. The van der Waals surface area contributed by atoms with E-state index in [1.54, 1.807) is 19.1 Å². The van der Waals surface area contributed by atoms with Crippen molar-refractivity contribution < 1.29 is 14.3 Å². The second-order valence-electron chi connectivity index (χ2n) is 6.84. The van der Waals surface area contributed by atoms with E-state index in [4.69, 9.17) is 21.7 Å². The normalized spacial score (nSPS) is 15.4. The summed E-state index contributed by atoms with van der Waals surface area (Å²) < 4.78 is 11.1. The maximum Gasteiger partial charge on any atom is 0.281 e. The molecule has 1 amide bonds. The lowest BCUT2D eigenvalue weighted by Gasteiger charge is -2.16. The van der Waals surface area contributed by atoms with Crippen molar-refractivity contribution in [3.8, 4) is 11.5 Å². The number of nitrogens with zero attached hydrogens (tertiary/aromatic N) is 2. The number of hydrogen-bond acceptors (Lipinski definition) is 4. The van der Waals surface area contributed by atoms with Gasteiger partial charge in [0.05, 0.1) is 19.4 Å². The molecule has 1 aliphatic heterocycles. The van der Waals surface area contributed by atoms with Crippen LogP contribution in [-0.2, 0) is 4.79 Å². The largest absolute Gasteiger partial charge is 0.496 e. The number of anilines is 1. The molecule has 1 fully saturated rings. The van der Waals surface area contributed by atoms with Gasteiger partial charge in [-0.3, -0.25) is 9.69 Å². The Morgan fingerprint density at radius 2 is 1.77 bits per heavy atom. The Morgan fingerprint density at radius 3 is 2.47 bits per heavy atom. The minimum Gasteiger partial charge on any atom is -0.496 e. The molecule has 30 heavy (non-hydrogen) atoms. The van der Waals surface area contributed by atoms with Crippen molar-refractivity contribution in [3.63, 3.8) is 0 Å². The number of thiocarbonyl (C=S) groups is 1. The predicted octanol–water partition coefficient (Wildman–Crippen LogP) is 4.85. The van der Waals surface area contributed by atoms with Crippen molar-refractivity contribution in [2.24, 2.45) is 0 Å².